The maximum absolute atomic E-state index is 12.8. The Morgan fingerprint density at radius 1 is 1.28 bits per heavy atom. The monoisotopic (exact) mass is 252 g/mol. The maximum atomic E-state index is 12.8. The van der Waals surface area contributed by atoms with Gasteiger partial charge in [-0.2, -0.15) is 0 Å². The number of hydrogen-bond acceptors (Lipinski definition) is 3. The van der Waals surface area contributed by atoms with Crippen LogP contribution in [0.1, 0.15) is 38.5 Å². The van der Waals surface area contributed by atoms with Crippen molar-refractivity contribution in [1.29, 1.82) is 0 Å². The molecule has 2 saturated heterocycles. The summed E-state index contributed by atoms with van der Waals surface area (Å²) < 4.78 is 5.38. The predicted molar refractivity (Wildman–Crippen MR) is 64.9 cm³/mol. The van der Waals surface area contributed by atoms with Gasteiger partial charge in [-0.1, -0.05) is 12.8 Å². The molecular weight excluding hydrogens is 232 g/mol. The number of carbonyl (C=O) groups excluding carboxylic acids is 2. The first-order chi connectivity index (χ1) is 8.71. The smallest absolute Gasteiger partial charge is 0.248 e. The van der Waals surface area contributed by atoms with Crippen LogP contribution in [0, 0.1) is 0 Å². The van der Waals surface area contributed by atoms with Gasteiger partial charge in [0.05, 0.1) is 12.6 Å². The lowest BCUT2D eigenvalue weighted by molar-refractivity contribution is -0.140. The number of ether oxygens (including phenoxy) is 1. The summed E-state index contributed by atoms with van der Waals surface area (Å²) in [6.07, 6.45) is 4.96. The number of nitrogens with zero attached hydrogens (tertiary/aromatic N) is 1. The van der Waals surface area contributed by atoms with Crippen LogP contribution in [0.2, 0.25) is 0 Å². The molecule has 3 fully saturated rings. The molecule has 1 spiro atoms. The second kappa shape index (κ2) is 4.53. The van der Waals surface area contributed by atoms with Crippen molar-refractivity contribution in [2.24, 2.45) is 0 Å². The van der Waals surface area contributed by atoms with Gasteiger partial charge in [0.15, 0.2) is 0 Å². The molecule has 0 aromatic carbocycles. The van der Waals surface area contributed by atoms with Crippen molar-refractivity contribution in [3.63, 3.8) is 0 Å². The van der Waals surface area contributed by atoms with Crippen molar-refractivity contribution in [3.05, 3.63) is 0 Å². The van der Waals surface area contributed by atoms with E-state index in [1.54, 1.807) is 0 Å². The van der Waals surface area contributed by atoms with Crippen LogP contribution in [0.3, 0.4) is 0 Å². The van der Waals surface area contributed by atoms with E-state index in [-0.39, 0.29) is 17.9 Å². The molecule has 0 aromatic rings. The lowest BCUT2D eigenvalue weighted by Gasteiger charge is -2.34. The predicted octanol–water partition coefficient (Wildman–Crippen LogP) is 0.437. The second-order valence-corrected chi connectivity index (χ2v) is 5.60. The number of carbonyl (C=O) groups is 2. The van der Waals surface area contributed by atoms with Gasteiger partial charge in [0.25, 0.3) is 0 Å². The van der Waals surface area contributed by atoms with E-state index >= 15 is 0 Å². The van der Waals surface area contributed by atoms with Crippen LogP contribution in [0.5, 0.6) is 0 Å². The van der Waals surface area contributed by atoms with Gasteiger partial charge < -0.3 is 15.0 Å². The molecule has 1 saturated carbocycles. The largest absolute Gasteiger partial charge is 0.379 e. The van der Waals surface area contributed by atoms with Crippen LogP contribution in [0.15, 0.2) is 0 Å². The van der Waals surface area contributed by atoms with Crippen molar-refractivity contribution in [3.8, 4) is 0 Å². The first-order valence-corrected chi connectivity index (χ1v) is 6.91. The molecule has 3 rings (SSSR count). The van der Waals surface area contributed by atoms with Crippen LogP contribution in [0.25, 0.3) is 0 Å². The topological polar surface area (TPSA) is 58.6 Å². The molecule has 3 aliphatic rings. The van der Waals surface area contributed by atoms with Gasteiger partial charge in [0, 0.05) is 19.6 Å². The lowest BCUT2D eigenvalue weighted by Crippen LogP contribution is -2.57. The van der Waals surface area contributed by atoms with Crippen LogP contribution in [0.4, 0.5) is 0 Å². The third-order valence-electron chi connectivity index (χ3n) is 4.43. The van der Waals surface area contributed by atoms with E-state index in [0.717, 1.165) is 38.7 Å². The van der Waals surface area contributed by atoms with Gasteiger partial charge in [-0.05, 0) is 19.3 Å². The molecule has 1 aliphatic carbocycles. The summed E-state index contributed by atoms with van der Waals surface area (Å²) in [4.78, 5) is 26.5. The molecule has 1 atom stereocenters. The highest BCUT2D eigenvalue weighted by atomic mass is 16.5. The van der Waals surface area contributed by atoms with E-state index in [0.29, 0.717) is 19.6 Å². The second-order valence-electron chi connectivity index (χ2n) is 5.60. The Hall–Kier alpha value is -1.10. The molecule has 5 heteroatoms. The van der Waals surface area contributed by atoms with Crippen molar-refractivity contribution >= 4 is 11.8 Å². The summed E-state index contributed by atoms with van der Waals surface area (Å²) in [5.41, 5.74) is -0.601. The summed E-state index contributed by atoms with van der Waals surface area (Å²) in [5.74, 6) is 0.146. The molecule has 18 heavy (non-hydrogen) atoms. The zero-order valence-electron chi connectivity index (χ0n) is 10.6. The molecule has 1 unspecified atom stereocenters. The summed E-state index contributed by atoms with van der Waals surface area (Å²) in [6, 6.07) is 0.169. The minimum absolute atomic E-state index is 0.0201. The fraction of sp³-hybridized carbons (Fsp3) is 0.846. The molecule has 0 bridgehead atoms. The molecule has 5 nitrogen and oxygen atoms in total. The Morgan fingerprint density at radius 2 is 2.06 bits per heavy atom. The molecule has 100 valence electrons. The normalized spacial score (nSPS) is 31.8. The van der Waals surface area contributed by atoms with Gasteiger partial charge in [0.2, 0.25) is 11.8 Å². The van der Waals surface area contributed by atoms with Gasteiger partial charge in [0.1, 0.15) is 5.54 Å². The average molecular weight is 252 g/mol. The van der Waals surface area contributed by atoms with Gasteiger partial charge >= 0.3 is 0 Å². The molecule has 1 N–H and O–H groups in total. The molecular formula is C13H20N2O3. The molecule has 2 aliphatic heterocycles. The Labute approximate surface area is 107 Å². The third-order valence-corrected chi connectivity index (χ3v) is 4.43. The van der Waals surface area contributed by atoms with E-state index in [2.05, 4.69) is 5.32 Å². The highest BCUT2D eigenvalue weighted by Crippen LogP contribution is 2.34. The van der Waals surface area contributed by atoms with Crippen molar-refractivity contribution in [1.82, 2.24) is 10.2 Å². The average Bonchev–Trinajstić information content (AvgIpc) is 2.98. The van der Waals surface area contributed by atoms with Gasteiger partial charge in [-0.3, -0.25) is 9.59 Å². The Balaban J connectivity index is 1.85. The minimum atomic E-state index is -0.601. The SMILES string of the molecule is O=C1CCN(C2CCOC2)C(=O)C2(CCCC2)N1. The fourth-order valence-electron chi connectivity index (χ4n) is 3.41. The molecule has 0 radical (unpaired) electrons. The zero-order valence-corrected chi connectivity index (χ0v) is 10.6. The summed E-state index contributed by atoms with van der Waals surface area (Å²) >= 11 is 0. The van der Waals surface area contributed by atoms with E-state index < -0.39 is 5.54 Å². The zero-order chi connectivity index (χ0) is 12.6. The fourth-order valence-corrected chi connectivity index (χ4v) is 3.41. The van der Waals surface area contributed by atoms with Crippen LogP contribution >= 0.6 is 0 Å². The standard InChI is InChI=1S/C13H20N2O3/c16-11-3-7-15(10-4-8-18-9-10)12(17)13(14-11)5-1-2-6-13/h10H,1-9H2,(H,14,16). The van der Waals surface area contributed by atoms with Crippen molar-refractivity contribution < 1.29 is 14.3 Å². The van der Waals surface area contributed by atoms with E-state index in [1.165, 1.54) is 0 Å². The molecule has 2 heterocycles. The Morgan fingerprint density at radius 3 is 2.72 bits per heavy atom. The van der Waals surface area contributed by atoms with Crippen LogP contribution in [-0.4, -0.2) is 48.1 Å². The summed E-state index contributed by atoms with van der Waals surface area (Å²) in [5, 5.41) is 2.99. The molecule has 0 aromatic heterocycles. The minimum Gasteiger partial charge on any atom is -0.379 e. The van der Waals surface area contributed by atoms with E-state index in [4.69, 9.17) is 4.74 Å². The van der Waals surface area contributed by atoms with Crippen molar-refractivity contribution in [2.75, 3.05) is 19.8 Å². The number of nitrogens with one attached hydrogen (secondary N) is 1. The first kappa shape index (κ1) is 12.0. The number of rotatable bonds is 1. The van der Waals surface area contributed by atoms with E-state index in [9.17, 15) is 9.59 Å². The maximum Gasteiger partial charge on any atom is 0.248 e. The number of hydrogen-bond donors (Lipinski definition) is 1. The van der Waals surface area contributed by atoms with Crippen LogP contribution < -0.4 is 5.32 Å². The lowest BCUT2D eigenvalue weighted by atomic mass is 9.95. The summed E-state index contributed by atoms with van der Waals surface area (Å²) in [7, 11) is 0. The van der Waals surface area contributed by atoms with Crippen LogP contribution in [-0.2, 0) is 14.3 Å². The van der Waals surface area contributed by atoms with Crippen molar-refractivity contribution in [2.45, 2.75) is 50.1 Å². The highest BCUT2D eigenvalue weighted by Gasteiger charge is 2.48. The molecule has 2 amide bonds. The summed E-state index contributed by atoms with van der Waals surface area (Å²) in [6.45, 7) is 1.89. The first-order valence-electron chi connectivity index (χ1n) is 6.91. The van der Waals surface area contributed by atoms with E-state index in [1.807, 2.05) is 4.90 Å². The third kappa shape index (κ3) is 1.90. The Kier molecular flexibility index (Phi) is 3.01. The highest BCUT2D eigenvalue weighted by molar-refractivity contribution is 5.94. The quantitative estimate of drug-likeness (QED) is 0.736. The van der Waals surface area contributed by atoms with Gasteiger partial charge in [-0.25, -0.2) is 0 Å². The number of amides is 2. The van der Waals surface area contributed by atoms with Gasteiger partial charge in [-0.15, -0.1) is 0 Å². The Bertz CT molecular complexity index is 357.